The molecule has 0 aliphatic rings. The van der Waals surface area contributed by atoms with Gasteiger partial charge in [-0.2, -0.15) is 15.2 Å². The summed E-state index contributed by atoms with van der Waals surface area (Å²) in [6, 6.07) is 13.2. The number of nitrogens with one attached hydrogen (secondary N) is 3. The largest absolute Gasteiger partial charge is 0.346 e. The van der Waals surface area contributed by atoms with Crippen LogP contribution in [0.15, 0.2) is 61.1 Å². The second-order valence-corrected chi connectivity index (χ2v) is 7.72. The Morgan fingerprint density at radius 2 is 1.91 bits per heavy atom. The molecule has 0 saturated carbocycles. The van der Waals surface area contributed by atoms with Crippen molar-refractivity contribution in [1.29, 1.82) is 0 Å². The third-order valence-corrected chi connectivity index (χ3v) is 5.22. The minimum atomic E-state index is -0.507. The van der Waals surface area contributed by atoms with Gasteiger partial charge in [-0.1, -0.05) is 30.3 Å². The smallest absolute Gasteiger partial charge is 0.275 e. The number of aromatic nitrogens is 7. The molecule has 1 aromatic carbocycles. The standard InChI is InChI=1S/C23H21N9O2/c1-14-10-16(30-29-14)11-24-21(33)17-12-25-31(2)20(17)22(34)27-19-8-9-32-13-18(26-23(32)28-19)15-6-4-3-5-7-15/h3-10,12-13H,11H2,1-2H3,(H,24,33)(H,29,30)(H,26,27,28,34). The molecule has 0 fully saturated rings. The summed E-state index contributed by atoms with van der Waals surface area (Å²) in [6.07, 6.45) is 4.99. The molecule has 34 heavy (non-hydrogen) atoms. The summed E-state index contributed by atoms with van der Waals surface area (Å²) in [7, 11) is 1.60. The first-order valence-corrected chi connectivity index (χ1v) is 10.5. The lowest BCUT2D eigenvalue weighted by Crippen LogP contribution is -2.27. The summed E-state index contributed by atoms with van der Waals surface area (Å²) in [5, 5.41) is 16.5. The maximum Gasteiger partial charge on any atom is 0.275 e. The van der Waals surface area contributed by atoms with Gasteiger partial charge in [-0.3, -0.25) is 23.8 Å². The molecule has 11 nitrogen and oxygen atoms in total. The lowest BCUT2D eigenvalue weighted by Gasteiger charge is -2.08. The Morgan fingerprint density at radius 3 is 2.68 bits per heavy atom. The summed E-state index contributed by atoms with van der Waals surface area (Å²) in [4.78, 5) is 34.7. The number of hydrogen-bond donors (Lipinski definition) is 3. The van der Waals surface area contributed by atoms with Gasteiger partial charge in [0.2, 0.25) is 5.78 Å². The van der Waals surface area contributed by atoms with Gasteiger partial charge in [-0.05, 0) is 19.1 Å². The van der Waals surface area contributed by atoms with Crippen LogP contribution in [0.4, 0.5) is 5.82 Å². The first kappa shape index (κ1) is 21.1. The number of imidazole rings is 1. The molecule has 0 radical (unpaired) electrons. The minimum Gasteiger partial charge on any atom is -0.346 e. The van der Waals surface area contributed by atoms with Gasteiger partial charge in [0.05, 0.1) is 29.7 Å². The van der Waals surface area contributed by atoms with Gasteiger partial charge in [0.25, 0.3) is 11.8 Å². The third kappa shape index (κ3) is 4.13. The molecule has 0 saturated heterocycles. The van der Waals surface area contributed by atoms with Crippen molar-refractivity contribution in [3.8, 4) is 11.3 Å². The van der Waals surface area contributed by atoms with Crippen molar-refractivity contribution >= 4 is 23.4 Å². The molecule has 0 atom stereocenters. The first-order valence-electron chi connectivity index (χ1n) is 10.5. The van der Waals surface area contributed by atoms with E-state index in [1.165, 1.54) is 10.9 Å². The van der Waals surface area contributed by atoms with Gasteiger partial charge in [-0.25, -0.2) is 4.98 Å². The molecule has 170 valence electrons. The Balaban J connectivity index is 1.34. The van der Waals surface area contributed by atoms with Gasteiger partial charge >= 0.3 is 0 Å². The fourth-order valence-electron chi connectivity index (χ4n) is 3.57. The number of H-pyrrole nitrogens is 1. The van der Waals surface area contributed by atoms with Crippen molar-refractivity contribution in [3.63, 3.8) is 0 Å². The number of aromatic amines is 1. The molecular weight excluding hydrogens is 434 g/mol. The molecule has 4 aromatic heterocycles. The molecule has 0 aliphatic carbocycles. The van der Waals surface area contributed by atoms with E-state index in [-0.39, 0.29) is 17.8 Å². The first-order chi connectivity index (χ1) is 16.5. The Hall–Kier alpha value is -4.80. The van der Waals surface area contributed by atoms with Crippen LogP contribution < -0.4 is 10.6 Å². The third-order valence-electron chi connectivity index (χ3n) is 5.22. The van der Waals surface area contributed by atoms with Crippen molar-refractivity contribution < 1.29 is 9.59 Å². The van der Waals surface area contributed by atoms with Crippen molar-refractivity contribution in [2.45, 2.75) is 13.5 Å². The molecule has 2 amide bonds. The van der Waals surface area contributed by atoms with Crippen LogP contribution in [0.25, 0.3) is 17.0 Å². The number of amides is 2. The molecule has 0 unspecified atom stereocenters. The molecule has 11 heteroatoms. The zero-order chi connectivity index (χ0) is 23.7. The normalized spacial score (nSPS) is 11.0. The number of anilines is 1. The molecule has 0 aliphatic heterocycles. The number of carbonyl (C=O) groups excluding carboxylic acids is 2. The van der Waals surface area contributed by atoms with E-state index in [0.29, 0.717) is 17.3 Å². The maximum atomic E-state index is 13.0. The number of aryl methyl sites for hydroxylation is 2. The van der Waals surface area contributed by atoms with Crippen LogP contribution in [0.3, 0.4) is 0 Å². The summed E-state index contributed by atoms with van der Waals surface area (Å²) < 4.78 is 3.13. The molecule has 3 N–H and O–H groups in total. The van der Waals surface area contributed by atoms with Crippen LogP contribution in [0.1, 0.15) is 32.2 Å². The van der Waals surface area contributed by atoms with Gasteiger partial charge < -0.3 is 10.6 Å². The lowest BCUT2D eigenvalue weighted by atomic mass is 10.2. The van der Waals surface area contributed by atoms with E-state index in [4.69, 9.17) is 0 Å². The Labute approximate surface area is 193 Å². The van der Waals surface area contributed by atoms with Gasteiger partial charge in [0, 0.05) is 30.7 Å². The van der Waals surface area contributed by atoms with E-state index in [1.807, 2.05) is 49.5 Å². The van der Waals surface area contributed by atoms with Crippen molar-refractivity contribution in [2.75, 3.05) is 5.32 Å². The molecule has 4 heterocycles. The molecular formula is C23H21N9O2. The van der Waals surface area contributed by atoms with Crippen molar-refractivity contribution in [2.24, 2.45) is 7.05 Å². The summed E-state index contributed by atoms with van der Waals surface area (Å²) in [5.74, 6) is -0.188. The number of rotatable bonds is 6. The molecule has 5 rings (SSSR count). The number of nitrogens with zero attached hydrogens (tertiary/aromatic N) is 6. The zero-order valence-electron chi connectivity index (χ0n) is 18.5. The highest BCUT2D eigenvalue weighted by Crippen LogP contribution is 2.19. The Morgan fingerprint density at radius 1 is 1.09 bits per heavy atom. The summed E-state index contributed by atoms with van der Waals surface area (Å²) in [6.45, 7) is 2.10. The quantitative estimate of drug-likeness (QED) is 0.360. The van der Waals surface area contributed by atoms with Crippen molar-refractivity contribution in [1.82, 2.24) is 39.7 Å². The Bertz CT molecular complexity index is 1500. The van der Waals surface area contributed by atoms with Crippen LogP contribution in [-0.4, -0.2) is 46.2 Å². The topological polar surface area (TPSA) is 135 Å². The van der Waals surface area contributed by atoms with Gasteiger partial charge in [0.1, 0.15) is 11.5 Å². The highest BCUT2D eigenvalue weighted by atomic mass is 16.2. The van der Waals surface area contributed by atoms with Crippen LogP contribution >= 0.6 is 0 Å². The van der Waals surface area contributed by atoms with Gasteiger partial charge in [0.15, 0.2) is 0 Å². The predicted octanol–water partition coefficient (Wildman–Crippen LogP) is 2.34. The average Bonchev–Trinajstić information content (AvgIpc) is 3.55. The minimum absolute atomic E-state index is 0.116. The maximum absolute atomic E-state index is 13.0. The molecule has 0 bridgehead atoms. The zero-order valence-corrected chi connectivity index (χ0v) is 18.5. The van der Waals surface area contributed by atoms with E-state index in [9.17, 15) is 9.59 Å². The number of carbonyl (C=O) groups is 2. The second kappa shape index (κ2) is 8.62. The fraction of sp³-hybridized carbons (Fsp3) is 0.130. The highest BCUT2D eigenvalue weighted by Gasteiger charge is 2.23. The van der Waals surface area contributed by atoms with Gasteiger partial charge in [-0.15, -0.1) is 0 Å². The van der Waals surface area contributed by atoms with E-state index >= 15 is 0 Å². The summed E-state index contributed by atoms with van der Waals surface area (Å²) >= 11 is 0. The molecule has 5 aromatic rings. The average molecular weight is 455 g/mol. The lowest BCUT2D eigenvalue weighted by molar-refractivity contribution is 0.0935. The number of benzene rings is 1. The van der Waals surface area contributed by atoms with E-state index in [0.717, 1.165) is 17.0 Å². The monoisotopic (exact) mass is 455 g/mol. The van der Waals surface area contributed by atoms with Crippen LogP contribution in [0.5, 0.6) is 0 Å². The van der Waals surface area contributed by atoms with Crippen molar-refractivity contribution in [3.05, 3.63) is 83.7 Å². The van der Waals surface area contributed by atoms with Crippen LogP contribution in [-0.2, 0) is 13.6 Å². The van der Waals surface area contributed by atoms with E-state index in [2.05, 4.69) is 35.9 Å². The van der Waals surface area contributed by atoms with E-state index < -0.39 is 11.8 Å². The predicted molar refractivity (Wildman–Crippen MR) is 124 cm³/mol. The molecule has 0 spiro atoms. The fourth-order valence-corrected chi connectivity index (χ4v) is 3.57. The number of fused-ring (bicyclic) bond motifs is 1. The van der Waals surface area contributed by atoms with E-state index in [1.54, 1.807) is 23.7 Å². The number of hydrogen-bond acceptors (Lipinski definition) is 6. The summed E-state index contributed by atoms with van der Waals surface area (Å²) in [5.41, 5.74) is 3.59. The van der Waals surface area contributed by atoms with Crippen LogP contribution in [0.2, 0.25) is 0 Å². The second-order valence-electron chi connectivity index (χ2n) is 7.72. The highest BCUT2D eigenvalue weighted by molar-refractivity contribution is 6.10. The Kier molecular flexibility index (Phi) is 5.34. The SMILES string of the molecule is Cc1cc(CNC(=O)c2cnn(C)c2C(=O)Nc2ccn3cc(-c4ccccc4)nc3n2)n[nH]1. The van der Waals surface area contributed by atoms with Crippen LogP contribution in [0, 0.1) is 6.92 Å².